The Morgan fingerprint density at radius 2 is 1.73 bits per heavy atom. The molecule has 15 heavy (non-hydrogen) atoms. The van der Waals surface area contributed by atoms with Crippen LogP contribution in [0.25, 0.3) is 5.57 Å². The monoisotopic (exact) mass is 204 g/mol. The van der Waals surface area contributed by atoms with Gasteiger partial charge in [-0.15, -0.1) is 0 Å². The van der Waals surface area contributed by atoms with Gasteiger partial charge in [0.05, 0.1) is 7.11 Å². The lowest BCUT2D eigenvalue weighted by molar-refractivity contribution is -0.151. The second-order valence-electron chi connectivity index (χ2n) is 2.95. The van der Waals surface area contributed by atoms with Gasteiger partial charge in [0.15, 0.2) is 0 Å². The molecule has 0 atom stereocenters. The summed E-state index contributed by atoms with van der Waals surface area (Å²) >= 11 is 0. The van der Waals surface area contributed by atoms with Gasteiger partial charge in [-0.05, 0) is 5.56 Å². The predicted molar refractivity (Wildman–Crippen MR) is 51.5 cm³/mol. The molecule has 76 valence electrons. The van der Waals surface area contributed by atoms with Crippen LogP contribution in [0, 0.1) is 0 Å². The van der Waals surface area contributed by atoms with Crippen LogP contribution in [-0.4, -0.2) is 19.0 Å². The van der Waals surface area contributed by atoms with Gasteiger partial charge in [0, 0.05) is 0 Å². The lowest BCUT2D eigenvalue weighted by atomic mass is 10.1. The van der Waals surface area contributed by atoms with Crippen molar-refractivity contribution in [2.45, 2.75) is 0 Å². The summed E-state index contributed by atoms with van der Waals surface area (Å²) in [6.45, 7) is 0. The number of carbonyl (C=O) groups is 2. The number of ether oxygens (including phenoxy) is 2. The molecular weight excluding hydrogens is 196 g/mol. The zero-order valence-electron chi connectivity index (χ0n) is 8.02. The van der Waals surface area contributed by atoms with Gasteiger partial charge in [-0.3, -0.25) is 0 Å². The average molecular weight is 204 g/mol. The van der Waals surface area contributed by atoms with E-state index in [9.17, 15) is 9.59 Å². The summed E-state index contributed by atoms with van der Waals surface area (Å²) in [5.41, 5.74) is 0.799. The lowest BCUT2D eigenvalue weighted by Gasteiger charge is -1.99. The van der Waals surface area contributed by atoms with Gasteiger partial charge in [-0.1, -0.05) is 30.3 Å². The zero-order chi connectivity index (χ0) is 10.8. The molecule has 1 aliphatic rings. The van der Waals surface area contributed by atoms with Crippen molar-refractivity contribution in [3.05, 3.63) is 41.7 Å². The Bertz CT molecular complexity index is 445. The van der Waals surface area contributed by atoms with Crippen LogP contribution in [0.1, 0.15) is 5.56 Å². The van der Waals surface area contributed by atoms with E-state index in [4.69, 9.17) is 4.74 Å². The Kier molecular flexibility index (Phi) is 2.25. The van der Waals surface area contributed by atoms with Crippen molar-refractivity contribution in [2.24, 2.45) is 0 Å². The zero-order valence-corrected chi connectivity index (χ0v) is 8.02. The van der Waals surface area contributed by atoms with Crippen LogP contribution in [0.15, 0.2) is 36.1 Å². The van der Waals surface area contributed by atoms with Gasteiger partial charge in [0.2, 0.25) is 5.76 Å². The summed E-state index contributed by atoms with van der Waals surface area (Å²) in [6, 6.07) is 8.79. The molecule has 0 bridgehead atoms. The highest BCUT2D eigenvalue weighted by molar-refractivity contribution is 6.30. The van der Waals surface area contributed by atoms with E-state index in [1.807, 2.05) is 6.07 Å². The quantitative estimate of drug-likeness (QED) is 0.535. The fourth-order valence-electron chi connectivity index (χ4n) is 1.42. The number of hydrogen-bond donors (Lipinski definition) is 0. The van der Waals surface area contributed by atoms with Crippen LogP contribution in [0.2, 0.25) is 0 Å². The standard InChI is InChI=1S/C11H8O4/c1-14-9-8(10(12)15-11(9)13)7-5-3-2-4-6-7/h2-6H,1H3. The maximum absolute atomic E-state index is 11.4. The predicted octanol–water partition coefficient (Wildman–Crippen LogP) is 1.13. The Hall–Kier alpha value is -2.10. The highest BCUT2D eigenvalue weighted by atomic mass is 16.6. The minimum Gasteiger partial charge on any atom is -0.489 e. The number of benzene rings is 1. The topological polar surface area (TPSA) is 52.6 Å². The van der Waals surface area contributed by atoms with Crippen molar-refractivity contribution >= 4 is 17.5 Å². The number of esters is 2. The average Bonchev–Trinajstić information content (AvgIpc) is 2.54. The number of cyclic esters (lactones) is 2. The molecule has 0 saturated carbocycles. The van der Waals surface area contributed by atoms with Gasteiger partial charge in [0.1, 0.15) is 5.57 Å². The van der Waals surface area contributed by atoms with Crippen LogP contribution in [-0.2, 0) is 19.1 Å². The number of rotatable bonds is 2. The molecule has 0 N–H and O–H groups in total. The first-order valence-electron chi connectivity index (χ1n) is 4.34. The van der Waals surface area contributed by atoms with E-state index in [-0.39, 0.29) is 11.3 Å². The van der Waals surface area contributed by atoms with Crippen molar-refractivity contribution < 1.29 is 19.1 Å². The first-order valence-corrected chi connectivity index (χ1v) is 4.34. The van der Waals surface area contributed by atoms with Crippen LogP contribution in [0.4, 0.5) is 0 Å². The molecule has 2 rings (SSSR count). The minimum absolute atomic E-state index is 0.0359. The summed E-state index contributed by atoms with van der Waals surface area (Å²) in [4.78, 5) is 22.5. The molecule has 0 unspecified atom stereocenters. The summed E-state index contributed by atoms with van der Waals surface area (Å²) in [5.74, 6) is -1.43. The molecular formula is C11H8O4. The Labute approximate surface area is 86.1 Å². The van der Waals surface area contributed by atoms with Crippen molar-refractivity contribution in [3.63, 3.8) is 0 Å². The van der Waals surface area contributed by atoms with Crippen LogP contribution >= 0.6 is 0 Å². The number of methoxy groups -OCH3 is 1. The van der Waals surface area contributed by atoms with Crippen molar-refractivity contribution in [3.8, 4) is 0 Å². The molecule has 1 aliphatic heterocycles. The van der Waals surface area contributed by atoms with E-state index in [1.54, 1.807) is 24.3 Å². The van der Waals surface area contributed by atoms with Gasteiger partial charge < -0.3 is 9.47 Å². The third-order valence-corrected chi connectivity index (χ3v) is 2.07. The van der Waals surface area contributed by atoms with E-state index in [0.29, 0.717) is 5.56 Å². The largest absolute Gasteiger partial charge is 0.489 e. The number of carbonyl (C=O) groups excluding carboxylic acids is 2. The second-order valence-corrected chi connectivity index (χ2v) is 2.95. The third-order valence-electron chi connectivity index (χ3n) is 2.07. The fourth-order valence-corrected chi connectivity index (χ4v) is 1.42. The van der Waals surface area contributed by atoms with Gasteiger partial charge >= 0.3 is 11.9 Å². The fraction of sp³-hybridized carbons (Fsp3) is 0.0909. The molecule has 0 fully saturated rings. The molecule has 0 radical (unpaired) electrons. The summed E-state index contributed by atoms with van der Waals surface area (Å²) in [7, 11) is 1.33. The molecule has 1 heterocycles. The molecule has 0 amide bonds. The van der Waals surface area contributed by atoms with Crippen molar-refractivity contribution in [2.75, 3.05) is 7.11 Å². The number of hydrogen-bond acceptors (Lipinski definition) is 4. The van der Waals surface area contributed by atoms with E-state index < -0.39 is 11.9 Å². The highest BCUT2D eigenvalue weighted by Crippen LogP contribution is 2.27. The Morgan fingerprint density at radius 1 is 1.07 bits per heavy atom. The lowest BCUT2D eigenvalue weighted by Crippen LogP contribution is -2.02. The van der Waals surface area contributed by atoms with E-state index in [2.05, 4.69) is 4.74 Å². The van der Waals surface area contributed by atoms with Crippen LogP contribution in [0.3, 0.4) is 0 Å². The Morgan fingerprint density at radius 3 is 2.33 bits per heavy atom. The smallest absolute Gasteiger partial charge is 0.382 e. The molecule has 4 nitrogen and oxygen atoms in total. The van der Waals surface area contributed by atoms with E-state index >= 15 is 0 Å². The summed E-state index contributed by atoms with van der Waals surface area (Å²) < 4.78 is 9.30. The van der Waals surface area contributed by atoms with Gasteiger partial charge in [0.25, 0.3) is 0 Å². The maximum atomic E-state index is 11.4. The normalized spacial score (nSPS) is 15.5. The van der Waals surface area contributed by atoms with Crippen molar-refractivity contribution in [1.82, 2.24) is 0 Å². The van der Waals surface area contributed by atoms with Gasteiger partial charge in [-0.2, -0.15) is 0 Å². The summed E-state index contributed by atoms with van der Waals surface area (Å²) in [5, 5.41) is 0. The molecule has 1 aromatic carbocycles. The Balaban J connectivity index is 2.55. The molecule has 0 aromatic heterocycles. The molecule has 0 spiro atoms. The maximum Gasteiger partial charge on any atom is 0.382 e. The van der Waals surface area contributed by atoms with E-state index in [1.165, 1.54) is 7.11 Å². The SMILES string of the molecule is COC1=C(c2ccccc2)C(=O)OC1=O. The second kappa shape index (κ2) is 3.57. The van der Waals surface area contributed by atoms with Crippen LogP contribution < -0.4 is 0 Å². The van der Waals surface area contributed by atoms with Gasteiger partial charge in [-0.25, -0.2) is 9.59 Å². The first-order chi connectivity index (χ1) is 7.24. The minimum atomic E-state index is -0.735. The molecule has 0 saturated heterocycles. The summed E-state index contributed by atoms with van der Waals surface area (Å²) in [6.07, 6.45) is 0. The molecule has 0 aliphatic carbocycles. The van der Waals surface area contributed by atoms with Crippen LogP contribution in [0.5, 0.6) is 0 Å². The molecule has 4 heteroatoms. The van der Waals surface area contributed by atoms with E-state index in [0.717, 1.165) is 0 Å². The first kappa shape index (κ1) is 9.45. The third kappa shape index (κ3) is 1.50. The molecule has 1 aromatic rings. The van der Waals surface area contributed by atoms with Crippen molar-refractivity contribution in [1.29, 1.82) is 0 Å². The highest BCUT2D eigenvalue weighted by Gasteiger charge is 2.35.